The van der Waals surface area contributed by atoms with Gasteiger partial charge in [0, 0.05) is 16.5 Å². The second kappa shape index (κ2) is 6.09. The number of aromatic nitrogens is 1. The minimum absolute atomic E-state index is 0.296. The van der Waals surface area contributed by atoms with E-state index in [0.29, 0.717) is 5.56 Å². The van der Waals surface area contributed by atoms with Crippen molar-refractivity contribution in [1.82, 2.24) is 4.98 Å². The molecule has 1 aliphatic rings. The number of nitrogens with one attached hydrogen (secondary N) is 1. The Kier molecular flexibility index (Phi) is 3.78. The number of carbonyl (C=O) groups is 1. The average Bonchev–Trinajstić information content (AvgIpc) is 3.21. The monoisotopic (exact) mass is 336 g/mol. The molecule has 2 heterocycles. The normalized spacial score (nSPS) is 15.9. The third kappa shape index (κ3) is 2.67. The van der Waals surface area contributed by atoms with E-state index in [4.69, 9.17) is 4.74 Å². The van der Waals surface area contributed by atoms with Gasteiger partial charge >= 0.3 is 5.97 Å². The van der Waals surface area contributed by atoms with Crippen molar-refractivity contribution in [3.05, 3.63) is 70.6 Å². The lowest BCUT2D eigenvalue weighted by atomic mass is 10.1. The second-order valence-electron chi connectivity index (χ2n) is 5.61. The van der Waals surface area contributed by atoms with Crippen molar-refractivity contribution in [3.63, 3.8) is 0 Å². The Bertz CT molecular complexity index is 886. The summed E-state index contributed by atoms with van der Waals surface area (Å²) >= 11 is 1.50. The van der Waals surface area contributed by atoms with Crippen LogP contribution in [-0.4, -0.2) is 11.0 Å². The maximum atomic E-state index is 11.9. The van der Waals surface area contributed by atoms with E-state index in [1.54, 1.807) is 6.07 Å². The molecule has 0 amide bonds. The van der Waals surface area contributed by atoms with Gasteiger partial charge in [-0.1, -0.05) is 49.4 Å². The van der Waals surface area contributed by atoms with Crippen LogP contribution in [0.1, 0.15) is 34.6 Å². The first kappa shape index (κ1) is 14.9. The van der Waals surface area contributed by atoms with E-state index in [1.807, 2.05) is 23.6 Å². The first-order valence-electron chi connectivity index (χ1n) is 7.86. The third-order valence-electron chi connectivity index (χ3n) is 4.10. The smallest absolute Gasteiger partial charge is 0.340 e. The molecular weight excluding hydrogens is 320 g/mol. The molecule has 1 N–H and O–H groups in total. The SMILES string of the molecule is CCc1ccc(-c2csc(N[C@@H]3OC(=O)c4ccccc43)n2)cc1. The molecule has 1 aromatic heterocycles. The highest BCUT2D eigenvalue weighted by Crippen LogP contribution is 2.33. The van der Waals surface area contributed by atoms with Crippen LogP contribution >= 0.6 is 11.3 Å². The molecule has 3 aromatic rings. The summed E-state index contributed by atoms with van der Waals surface area (Å²) < 4.78 is 5.40. The minimum Gasteiger partial charge on any atom is -0.434 e. The van der Waals surface area contributed by atoms with Crippen molar-refractivity contribution < 1.29 is 9.53 Å². The Morgan fingerprint density at radius 3 is 2.75 bits per heavy atom. The Labute approximate surface area is 144 Å². The van der Waals surface area contributed by atoms with Crippen LogP contribution in [0.4, 0.5) is 5.13 Å². The number of esters is 1. The predicted octanol–water partition coefficient (Wildman–Crippen LogP) is 4.65. The van der Waals surface area contributed by atoms with E-state index >= 15 is 0 Å². The molecule has 4 nitrogen and oxygen atoms in total. The highest BCUT2D eigenvalue weighted by atomic mass is 32.1. The van der Waals surface area contributed by atoms with E-state index < -0.39 is 6.23 Å². The van der Waals surface area contributed by atoms with Gasteiger partial charge in [-0.15, -0.1) is 11.3 Å². The first-order chi connectivity index (χ1) is 11.7. The quantitative estimate of drug-likeness (QED) is 0.704. The van der Waals surface area contributed by atoms with Crippen LogP contribution in [0.5, 0.6) is 0 Å². The minimum atomic E-state index is -0.477. The van der Waals surface area contributed by atoms with Crippen molar-refractivity contribution in [2.24, 2.45) is 0 Å². The zero-order valence-corrected chi connectivity index (χ0v) is 14.0. The van der Waals surface area contributed by atoms with Crippen molar-refractivity contribution in [3.8, 4) is 11.3 Å². The summed E-state index contributed by atoms with van der Waals surface area (Å²) in [7, 11) is 0. The molecule has 4 rings (SSSR count). The van der Waals surface area contributed by atoms with Gasteiger partial charge < -0.3 is 10.1 Å². The average molecular weight is 336 g/mol. The van der Waals surface area contributed by atoms with E-state index in [0.717, 1.165) is 28.4 Å². The number of hydrogen-bond acceptors (Lipinski definition) is 5. The molecule has 2 aromatic carbocycles. The van der Waals surface area contributed by atoms with E-state index in [1.165, 1.54) is 16.9 Å². The van der Waals surface area contributed by atoms with Crippen molar-refractivity contribution >= 4 is 22.4 Å². The molecular formula is C19H16N2O2S. The van der Waals surface area contributed by atoms with E-state index in [9.17, 15) is 4.79 Å². The highest BCUT2D eigenvalue weighted by molar-refractivity contribution is 7.14. The topological polar surface area (TPSA) is 51.2 Å². The molecule has 0 aliphatic carbocycles. The number of benzene rings is 2. The van der Waals surface area contributed by atoms with Gasteiger partial charge in [-0.25, -0.2) is 9.78 Å². The van der Waals surface area contributed by atoms with Gasteiger partial charge in [0.2, 0.25) is 6.23 Å². The summed E-state index contributed by atoms with van der Waals surface area (Å²) in [5, 5.41) is 5.95. The molecule has 1 aliphatic heterocycles. The molecule has 0 spiro atoms. The van der Waals surface area contributed by atoms with Gasteiger partial charge in [-0.3, -0.25) is 0 Å². The van der Waals surface area contributed by atoms with Crippen molar-refractivity contribution in [1.29, 1.82) is 0 Å². The van der Waals surface area contributed by atoms with Crippen molar-refractivity contribution in [2.45, 2.75) is 19.6 Å². The fourth-order valence-corrected chi connectivity index (χ4v) is 3.49. The van der Waals surface area contributed by atoms with Crippen LogP contribution in [0.3, 0.4) is 0 Å². The summed E-state index contributed by atoms with van der Waals surface area (Å²) in [4.78, 5) is 16.5. The molecule has 0 unspecified atom stereocenters. The van der Waals surface area contributed by atoms with Gasteiger partial charge in [0.1, 0.15) is 0 Å². The van der Waals surface area contributed by atoms with Gasteiger partial charge in [-0.05, 0) is 18.1 Å². The number of carbonyl (C=O) groups excluding carboxylic acids is 1. The Hall–Kier alpha value is -2.66. The number of ether oxygens (including phenoxy) is 1. The van der Waals surface area contributed by atoms with Gasteiger partial charge in [0.15, 0.2) is 5.13 Å². The molecule has 24 heavy (non-hydrogen) atoms. The summed E-state index contributed by atoms with van der Waals surface area (Å²) in [5.74, 6) is -0.296. The third-order valence-corrected chi connectivity index (χ3v) is 4.88. The number of rotatable bonds is 4. The lowest BCUT2D eigenvalue weighted by Crippen LogP contribution is -2.09. The van der Waals surface area contributed by atoms with Gasteiger partial charge in [0.05, 0.1) is 11.3 Å². The fraction of sp³-hybridized carbons (Fsp3) is 0.158. The van der Waals surface area contributed by atoms with Crippen LogP contribution in [-0.2, 0) is 11.2 Å². The molecule has 0 radical (unpaired) electrons. The second-order valence-corrected chi connectivity index (χ2v) is 6.46. The van der Waals surface area contributed by atoms with Gasteiger partial charge in [-0.2, -0.15) is 0 Å². The lowest BCUT2D eigenvalue weighted by Gasteiger charge is -2.11. The van der Waals surface area contributed by atoms with Crippen LogP contribution in [0.15, 0.2) is 53.9 Å². The van der Waals surface area contributed by atoms with Crippen LogP contribution < -0.4 is 5.32 Å². The summed E-state index contributed by atoms with van der Waals surface area (Å²) in [6, 6.07) is 15.8. The predicted molar refractivity (Wildman–Crippen MR) is 95.1 cm³/mol. The molecule has 1 atom stereocenters. The summed E-state index contributed by atoms with van der Waals surface area (Å²) in [6.45, 7) is 2.14. The van der Waals surface area contributed by atoms with E-state index in [2.05, 4.69) is 41.5 Å². The number of anilines is 1. The number of aryl methyl sites for hydroxylation is 1. The van der Waals surface area contributed by atoms with Gasteiger partial charge in [0.25, 0.3) is 0 Å². The molecule has 120 valence electrons. The first-order valence-corrected chi connectivity index (χ1v) is 8.74. The zero-order chi connectivity index (χ0) is 16.5. The standard InChI is InChI=1S/C19H16N2O2S/c1-2-12-7-9-13(10-8-12)16-11-24-19(20-16)21-17-14-5-3-4-6-15(14)18(22)23-17/h3-11,17H,2H2,1H3,(H,20,21)/t17-/m1/s1. The lowest BCUT2D eigenvalue weighted by molar-refractivity contribution is 0.0437. The Morgan fingerprint density at radius 2 is 1.96 bits per heavy atom. The number of cyclic esters (lactones) is 1. The van der Waals surface area contributed by atoms with Crippen molar-refractivity contribution in [2.75, 3.05) is 5.32 Å². The number of hydrogen-bond donors (Lipinski definition) is 1. The molecule has 0 fully saturated rings. The highest BCUT2D eigenvalue weighted by Gasteiger charge is 2.30. The Morgan fingerprint density at radius 1 is 1.17 bits per heavy atom. The Balaban J connectivity index is 1.55. The number of thiazole rings is 1. The van der Waals surface area contributed by atoms with Crippen LogP contribution in [0.25, 0.3) is 11.3 Å². The maximum absolute atomic E-state index is 11.9. The molecule has 5 heteroatoms. The molecule has 0 saturated heterocycles. The fourth-order valence-electron chi connectivity index (χ4n) is 2.75. The van der Waals surface area contributed by atoms with E-state index in [-0.39, 0.29) is 5.97 Å². The largest absolute Gasteiger partial charge is 0.434 e. The maximum Gasteiger partial charge on any atom is 0.340 e. The number of nitrogens with zero attached hydrogens (tertiary/aromatic N) is 1. The number of fused-ring (bicyclic) bond motifs is 1. The molecule has 0 bridgehead atoms. The summed E-state index contributed by atoms with van der Waals surface area (Å²) in [6.07, 6.45) is 0.548. The zero-order valence-electron chi connectivity index (χ0n) is 13.2. The summed E-state index contributed by atoms with van der Waals surface area (Å²) in [5.41, 5.74) is 4.78. The van der Waals surface area contributed by atoms with Crippen LogP contribution in [0, 0.1) is 0 Å². The van der Waals surface area contributed by atoms with Crippen LogP contribution in [0.2, 0.25) is 0 Å². The molecule has 0 saturated carbocycles.